The molecule has 1 fully saturated rings. The molecular formula is C9H10BrNO2. The smallest absolute Gasteiger partial charge is 0.206 e. The van der Waals surface area contributed by atoms with E-state index in [0.717, 1.165) is 17.3 Å². The Kier molecular flexibility index (Phi) is 2.04. The van der Waals surface area contributed by atoms with Gasteiger partial charge in [-0.15, -0.1) is 0 Å². The van der Waals surface area contributed by atoms with Gasteiger partial charge in [0.2, 0.25) is 5.78 Å². The fourth-order valence-corrected chi connectivity index (χ4v) is 1.75. The van der Waals surface area contributed by atoms with Crippen molar-refractivity contribution in [3.05, 3.63) is 22.6 Å². The van der Waals surface area contributed by atoms with Crippen LogP contribution in [0.15, 0.2) is 21.2 Å². The summed E-state index contributed by atoms with van der Waals surface area (Å²) in [5.41, 5.74) is 5.23. The van der Waals surface area contributed by atoms with Crippen molar-refractivity contribution in [1.82, 2.24) is 0 Å². The number of hydrogen-bond acceptors (Lipinski definition) is 3. The quantitative estimate of drug-likeness (QED) is 0.827. The second-order valence-electron chi connectivity index (χ2n) is 3.41. The molecule has 0 aliphatic heterocycles. The number of furan rings is 1. The number of carbonyl (C=O) groups excluding carboxylic acids is 1. The lowest BCUT2D eigenvalue weighted by atomic mass is 10.00. The van der Waals surface area contributed by atoms with Gasteiger partial charge in [0.1, 0.15) is 0 Å². The average Bonchev–Trinajstić information content (AvgIpc) is 2.83. The van der Waals surface area contributed by atoms with E-state index in [0.29, 0.717) is 12.3 Å². The SMILES string of the molecule is NCC1(C(=O)c2occc2Br)CC1. The lowest BCUT2D eigenvalue weighted by molar-refractivity contribution is 0.0876. The van der Waals surface area contributed by atoms with Crippen LogP contribution >= 0.6 is 15.9 Å². The molecule has 0 unspecified atom stereocenters. The van der Waals surface area contributed by atoms with Crippen molar-refractivity contribution in [2.24, 2.45) is 11.1 Å². The minimum Gasteiger partial charge on any atom is -0.460 e. The van der Waals surface area contributed by atoms with Crippen molar-refractivity contribution < 1.29 is 9.21 Å². The fraction of sp³-hybridized carbons (Fsp3) is 0.444. The van der Waals surface area contributed by atoms with Crippen LogP contribution in [0.5, 0.6) is 0 Å². The molecule has 2 rings (SSSR count). The standard InChI is InChI=1S/C9H10BrNO2/c10-6-1-4-13-7(6)8(12)9(5-11)2-3-9/h1,4H,2-3,5,11H2. The van der Waals surface area contributed by atoms with E-state index >= 15 is 0 Å². The van der Waals surface area contributed by atoms with Gasteiger partial charge in [0.05, 0.1) is 10.7 Å². The van der Waals surface area contributed by atoms with Crippen molar-refractivity contribution in [2.75, 3.05) is 6.54 Å². The average molecular weight is 244 g/mol. The summed E-state index contributed by atoms with van der Waals surface area (Å²) in [7, 11) is 0. The second kappa shape index (κ2) is 2.96. The zero-order valence-electron chi connectivity index (χ0n) is 7.05. The molecule has 3 nitrogen and oxygen atoms in total. The van der Waals surface area contributed by atoms with Crippen LogP contribution in [-0.2, 0) is 0 Å². The number of Topliss-reactive ketones (excluding diaryl/α,β-unsaturated/α-hetero) is 1. The number of hydrogen-bond donors (Lipinski definition) is 1. The van der Waals surface area contributed by atoms with E-state index in [1.807, 2.05) is 0 Å². The summed E-state index contributed by atoms with van der Waals surface area (Å²) >= 11 is 3.26. The second-order valence-corrected chi connectivity index (χ2v) is 4.27. The lowest BCUT2D eigenvalue weighted by Gasteiger charge is -2.08. The van der Waals surface area contributed by atoms with Crippen LogP contribution in [0.1, 0.15) is 23.4 Å². The van der Waals surface area contributed by atoms with E-state index in [4.69, 9.17) is 10.2 Å². The molecule has 0 atom stereocenters. The summed E-state index contributed by atoms with van der Waals surface area (Å²) in [5.74, 6) is 0.440. The van der Waals surface area contributed by atoms with Crippen LogP contribution in [0.25, 0.3) is 0 Å². The largest absolute Gasteiger partial charge is 0.460 e. The summed E-state index contributed by atoms with van der Waals surface area (Å²) in [5, 5.41) is 0. The van der Waals surface area contributed by atoms with Gasteiger partial charge in [-0.05, 0) is 34.8 Å². The predicted molar refractivity (Wildman–Crippen MR) is 51.5 cm³/mol. The van der Waals surface area contributed by atoms with Crippen molar-refractivity contribution in [2.45, 2.75) is 12.8 Å². The molecule has 0 spiro atoms. The monoisotopic (exact) mass is 243 g/mol. The highest BCUT2D eigenvalue weighted by Gasteiger charge is 2.50. The molecule has 0 aromatic carbocycles. The van der Waals surface area contributed by atoms with Gasteiger partial charge in [0, 0.05) is 12.0 Å². The fourth-order valence-electron chi connectivity index (χ4n) is 1.37. The first-order valence-corrected chi connectivity index (χ1v) is 4.97. The van der Waals surface area contributed by atoms with Crippen molar-refractivity contribution in [3.63, 3.8) is 0 Å². The van der Waals surface area contributed by atoms with Crippen LogP contribution in [0.4, 0.5) is 0 Å². The number of ketones is 1. The first-order chi connectivity index (χ1) is 6.19. The van der Waals surface area contributed by atoms with E-state index in [2.05, 4.69) is 15.9 Å². The van der Waals surface area contributed by atoms with Crippen molar-refractivity contribution >= 4 is 21.7 Å². The Hall–Kier alpha value is -0.610. The molecule has 2 N–H and O–H groups in total. The molecule has 0 saturated heterocycles. The van der Waals surface area contributed by atoms with E-state index < -0.39 is 0 Å². The highest BCUT2D eigenvalue weighted by atomic mass is 79.9. The normalized spacial score (nSPS) is 18.6. The summed E-state index contributed by atoms with van der Waals surface area (Å²) in [4.78, 5) is 11.8. The first kappa shape index (κ1) is 8.97. The van der Waals surface area contributed by atoms with Crippen LogP contribution in [0, 0.1) is 5.41 Å². The molecule has 1 saturated carbocycles. The minimum absolute atomic E-state index is 0.0341. The van der Waals surface area contributed by atoms with Crippen LogP contribution < -0.4 is 5.73 Å². The number of rotatable bonds is 3. The number of carbonyl (C=O) groups is 1. The highest BCUT2D eigenvalue weighted by Crippen LogP contribution is 2.48. The Morgan fingerprint density at radius 1 is 1.69 bits per heavy atom. The molecular weight excluding hydrogens is 234 g/mol. The van der Waals surface area contributed by atoms with Gasteiger partial charge in [0.15, 0.2) is 5.76 Å². The third-order valence-electron chi connectivity index (χ3n) is 2.55. The van der Waals surface area contributed by atoms with Gasteiger partial charge < -0.3 is 10.2 Å². The van der Waals surface area contributed by atoms with Crippen LogP contribution in [-0.4, -0.2) is 12.3 Å². The van der Waals surface area contributed by atoms with Gasteiger partial charge in [-0.2, -0.15) is 0 Å². The maximum Gasteiger partial charge on any atom is 0.206 e. The van der Waals surface area contributed by atoms with Gasteiger partial charge >= 0.3 is 0 Å². The Balaban J connectivity index is 2.28. The van der Waals surface area contributed by atoms with Gasteiger partial charge in [-0.25, -0.2) is 0 Å². The minimum atomic E-state index is -0.319. The van der Waals surface area contributed by atoms with E-state index in [1.165, 1.54) is 6.26 Å². The molecule has 1 aliphatic rings. The molecule has 0 amide bonds. The van der Waals surface area contributed by atoms with Crippen LogP contribution in [0.3, 0.4) is 0 Å². The summed E-state index contributed by atoms with van der Waals surface area (Å²) in [6.07, 6.45) is 3.27. The molecule has 0 radical (unpaired) electrons. The maximum absolute atomic E-state index is 11.8. The molecule has 0 bridgehead atoms. The predicted octanol–water partition coefficient (Wildman–Crippen LogP) is 1.96. The van der Waals surface area contributed by atoms with Crippen LogP contribution in [0.2, 0.25) is 0 Å². The van der Waals surface area contributed by atoms with Crippen molar-refractivity contribution in [1.29, 1.82) is 0 Å². The molecule has 1 heterocycles. The molecule has 1 aromatic heterocycles. The van der Waals surface area contributed by atoms with Gasteiger partial charge in [0.25, 0.3) is 0 Å². The zero-order chi connectivity index (χ0) is 9.47. The van der Waals surface area contributed by atoms with Crippen molar-refractivity contribution in [3.8, 4) is 0 Å². The topological polar surface area (TPSA) is 56.2 Å². The molecule has 70 valence electrons. The Labute approximate surface area is 84.4 Å². The highest BCUT2D eigenvalue weighted by molar-refractivity contribution is 9.10. The number of halogens is 1. The van der Waals surface area contributed by atoms with E-state index in [1.54, 1.807) is 6.07 Å². The zero-order valence-corrected chi connectivity index (χ0v) is 8.63. The van der Waals surface area contributed by atoms with Gasteiger partial charge in [-0.1, -0.05) is 0 Å². The Bertz CT molecular complexity index is 341. The molecule has 4 heteroatoms. The van der Waals surface area contributed by atoms with E-state index in [-0.39, 0.29) is 11.2 Å². The first-order valence-electron chi connectivity index (χ1n) is 4.17. The lowest BCUT2D eigenvalue weighted by Crippen LogP contribution is -2.25. The summed E-state index contributed by atoms with van der Waals surface area (Å²) < 4.78 is 5.82. The number of nitrogens with two attached hydrogens (primary N) is 1. The Morgan fingerprint density at radius 3 is 2.77 bits per heavy atom. The van der Waals surface area contributed by atoms with E-state index in [9.17, 15) is 4.79 Å². The third kappa shape index (κ3) is 1.34. The molecule has 13 heavy (non-hydrogen) atoms. The maximum atomic E-state index is 11.8. The summed E-state index contributed by atoms with van der Waals surface area (Å²) in [6, 6.07) is 1.72. The molecule has 1 aromatic rings. The molecule has 1 aliphatic carbocycles. The Morgan fingerprint density at radius 2 is 2.38 bits per heavy atom. The van der Waals surface area contributed by atoms with Gasteiger partial charge in [-0.3, -0.25) is 4.79 Å². The third-order valence-corrected chi connectivity index (χ3v) is 3.17. The summed E-state index contributed by atoms with van der Waals surface area (Å²) in [6.45, 7) is 0.416.